The van der Waals surface area contributed by atoms with Gasteiger partial charge in [0.15, 0.2) is 5.82 Å². The second-order valence-corrected chi connectivity index (χ2v) is 6.55. The van der Waals surface area contributed by atoms with Crippen LogP contribution in [-0.4, -0.2) is 30.9 Å². The third-order valence-corrected chi connectivity index (χ3v) is 5.05. The molecule has 0 amide bonds. The highest BCUT2D eigenvalue weighted by atomic mass is 16.3. The van der Waals surface area contributed by atoms with Crippen molar-refractivity contribution in [1.82, 2.24) is 19.2 Å². The smallest absolute Gasteiger partial charge is 0.158 e. The van der Waals surface area contributed by atoms with Crippen LogP contribution in [0.2, 0.25) is 0 Å². The van der Waals surface area contributed by atoms with Crippen LogP contribution >= 0.6 is 0 Å². The Hall–Kier alpha value is -2.14. The van der Waals surface area contributed by atoms with E-state index in [4.69, 9.17) is 0 Å². The van der Waals surface area contributed by atoms with Crippen LogP contribution in [0.25, 0.3) is 17.0 Å². The summed E-state index contributed by atoms with van der Waals surface area (Å²) in [6, 6.07) is 8.19. The van der Waals surface area contributed by atoms with Gasteiger partial charge < -0.3 is 9.67 Å². The normalized spacial score (nSPS) is 21.8. The largest absolute Gasteiger partial charge is 0.396 e. The van der Waals surface area contributed by atoms with Crippen LogP contribution in [-0.2, 0) is 6.54 Å². The summed E-state index contributed by atoms with van der Waals surface area (Å²) in [5.41, 5.74) is 2.11. The van der Waals surface area contributed by atoms with Gasteiger partial charge in [-0.25, -0.2) is 9.50 Å². The average Bonchev–Trinajstić information content (AvgIpc) is 3.24. The third kappa shape index (κ3) is 2.77. The first-order valence-electron chi connectivity index (χ1n) is 8.40. The maximum Gasteiger partial charge on any atom is 0.158 e. The number of aliphatic hydroxyl groups is 1. The van der Waals surface area contributed by atoms with E-state index in [0.29, 0.717) is 18.4 Å². The van der Waals surface area contributed by atoms with Gasteiger partial charge in [0.1, 0.15) is 5.69 Å². The summed E-state index contributed by atoms with van der Waals surface area (Å²) < 4.78 is 4.20. The lowest BCUT2D eigenvalue weighted by Gasteiger charge is -2.27. The molecule has 0 radical (unpaired) electrons. The van der Waals surface area contributed by atoms with Crippen LogP contribution < -0.4 is 0 Å². The molecule has 1 saturated carbocycles. The molecule has 3 heterocycles. The highest BCUT2D eigenvalue weighted by Gasteiger charge is 2.22. The summed E-state index contributed by atoms with van der Waals surface area (Å²) in [7, 11) is 0. The fraction of sp³-hybridized carbons (Fsp3) is 0.444. The molecule has 1 fully saturated rings. The molecule has 1 aliphatic rings. The molecule has 4 rings (SSSR count). The van der Waals surface area contributed by atoms with E-state index in [1.54, 1.807) is 0 Å². The number of hydrogen-bond donors (Lipinski definition) is 1. The van der Waals surface area contributed by atoms with Crippen molar-refractivity contribution in [2.24, 2.45) is 11.8 Å². The maximum absolute atomic E-state index is 9.28. The van der Waals surface area contributed by atoms with E-state index in [0.717, 1.165) is 36.4 Å². The maximum atomic E-state index is 9.28. The number of pyridine rings is 1. The molecule has 0 spiro atoms. The second kappa shape index (κ2) is 6.16. The van der Waals surface area contributed by atoms with Crippen LogP contribution in [0, 0.1) is 11.8 Å². The van der Waals surface area contributed by atoms with Crippen LogP contribution in [0.3, 0.4) is 0 Å². The lowest BCUT2D eigenvalue weighted by Crippen LogP contribution is -2.21. The first-order chi connectivity index (χ1) is 11.3. The lowest BCUT2D eigenvalue weighted by atomic mass is 9.82. The molecule has 0 aromatic carbocycles. The van der Waals surface area contributed by atoms with Crippen LogP contribution in [0.4, 0.5) is 0 Å². The van der Waals surface area contributed by atoms with Crippen molar-refractivity contribution in [1.29, 1.82) is 0 Å². The topological polar surface area (TPSA) is 55.3 Å². The number of fused-ring (bicyclic) bond motifs is 1. The molecule has 0 atom stereocenters. The Labute approximate surface area is 135 Å². The van der Waals surface area contributed by atoms with E-state index in [1.165, 1.54) is 12.8 Å². The predicted octanol–water partition coefficient (Wildman–Crippen LogP) is 3.00. The molecule has 1 aliphatic carbocycles. The summed E-state index contributed by atoms with van der Waals surface area (Å²) >= 11 is 0. The summed E-state index contributed by atoms with van der Waals surface area (Å²) in [6.07, 6.45) is 10.4. The van der Waals surface area contributed by atoms with Crippen molar-refractivity contribution in [2.45, 2.75) is 32.2 Å². The molecule has 23 heavy (non-hydrogen) atoms. The van der Waals surface area contributed by atoms with Gasteiger partial charge in [0.2, 0.25) is 0 Å². The van der Waals surface area contributed by atoms with Gasteiger partial charge in [0.05, 0.1) is 11.7 Å². The van der Waals surface area contributed by atoms with Crippen LogP contribution in [0.15, 0.2) is 42.9 Å². The Morgan fingerprint density at radius 3 is 2.70 bits per heavy atom. The minimum Gasteiger partial charge on any atom is -0.396 e. The number of aliphatic hydroxyl groups excluding tert-OH is 1. The van der Waals surface area contributed by atoms with Gasteiger partial charge in [-0.1, -0.05) is 6.07 Å². The van der Waals surface area contributed by atoms with Crippen molar-refractivity contribution >= 4 is 5.52 Å². The molecule has 3 aromatic rings. The Kier molecular flexibility index (Phi) is 3.87. The molecule has 0 aliphatic heterocycles. The van der Waals surface area contributed by atoms with Crippen molar-refractivity contribution in [2.75, 3.05) is 6.61 Å². The van der Waals surface area contributed by atoms with E-state index in [2.05, 4.69) is 39.0 Å². The van der Waals surface area contributed by atoms with Gasteiger partial charge in [-0.2, -0.15) is 5.10 Å². The van der Waals surface area contributed by atoms with E-state index in [-0.39, 0.29) is 0 Å². The van der Waals surface area contributed by atoms with Crippen LogP contribution in [0.5, 0.6) is 0 Å². The van der Waals surface area contributed by atoms with Crippen LogP contribution in [0.1, 0.15) is 25.7 Å². The van der Waals surface area contributed by atoms with Gasteiger partial charge in [-0.05, 0) is 55.7 Å². The van der Waals surface area contributed by atoms with E-state index in [1.807, 2.05) is 23.0 Å². The zero-order valence-electron chi connectivity index (χ0n) is 13.2. The predicted molar refractivity (Wildman–Crippen MR) is 88.9 cm³/mol. The van der Waals surface area contributed by atoms with Gasteiger partial charge >= 0.3 is 0 Å². The van der Waals surface area contributed by atoms with Crippen molar-refractivity contribution in [3.63, 3.8) is 0 Å². The Balaban J connectivity index is 1.58. The van der Waals surface area contributed by atoms with Crippen molar-refractivity contribution < 1.29 is 5.11 Å². The highest BCUT2D eigenvalue weighted by Crippen LogP contribution is 2.30. The standard InChI is InChI=1S/C18H22N4O/c23-13-15-6-4-14(5-7-15)12-21-11-10-19-18(21)17-3-1-2-16-8-9-20-22(16)17/h1-3,8-11,14-15,23H,4-7,12-13H2. The Morgan fingerprint density at radius 2 is 1.87 bits per heavy atom. The first kappa shape index (κ1) is 14.5. The molecule has 5 nitrogen and oxygen atoms in total. The Morgan fingerprint density at radius 1 is 1.04 bits per heavy atom. The minimum absolute atomic E-state index is 0.338. The lowest BCUT2D eigenvalue weighted by molar-refractivity contribution is 0.161. The quantitative estimate of drug-likeness (QED) is 0.806. The molecule has 0 bridgehead atoms. The molecule has 5 heteroatoms. The molecular weight excluding hydrogens is 288 g/mol. The number of hydrogen-bond acceptors (Lipinski definition) is 3. The summed E-state index contributed by atoms with van der Waals surface area (Å²) in [5.74, 6) is 2.15. The third-order valence-electron chi connectivity index (χ3n) is 5.05. The van der Waals surface area contributed by atoms with Gasteiger partial charge in [0, 0.05) is 25.5 Å². The SMILES string of the molecule is OCC1CCC(Cn2ccnc2-c2cccc3ccnn23)CC1. The highest BCUT2D eigenvalue weighted by molar-refractivity contribution is 5.58. The fourth-order valence-electron chi connectivity index (χ4n) is 3.68. The van der Waals surface area contributed by atoms with Crippen molar-refractivity contribution in [3.05, 3.63) is 42.9 Å². The van der Waals surface area contributed by atoms with Gasteiger partial charge in [0.25, 0.3) is 0 Å². The van der Waals surface area contributed by atoms with E-state index >= 15 is 0 Å². The fourth-order valence-corrected chi connectivity index (χ4v) is 3.68. The molecule has 3 aromatic heterocycles. The van der Waals surface area contributed by atoms with E-state index < -0.39 is 0 Å². The zero-order valence-corrected chi connectivity index (χ0v) is 13.2. The molecule has 120 valence electrons. The van der Waals surface area contributed by atoms with Gasteiger partial charge in [-0.3, -0.25) is 0 Å². The minimum atomic E-state index is 0.338. The molecule has 0 saturated heterocycles. The number of nitrogens with zero attached hydrogens (tertiary/aromatic N) is 4. The zero-order chi connectivity index (χ0) is 15.6. The number of rotatable bonds is 4. The summed E-state index contributed by atoms with van der Waals surface area (Å²) in [5, 5.41) is 13.7. The number of aromatic nitrogens is 4. The summed E-state index contributed by atoms with van der Waals surface area (Å²) in [6.45, 7) is 1.33. The average molecular weight is 310 g/mol. The molecular formula is C18H22N4O. The number of imidazole rings is 1. The molecule has 1 N–H and O–H groups in total. The van der Waals surface area contributed by atoms with Gasteiger partial charge in [-0.15, -0.1) is 0 Å². The van der Waals surface area contributed by atoms with E-state index in [9.17, 15) is 5.11 Å². The second-order valence-electron chi connectivity index (χ2n) is 6.55. The monoisotopic (exact) mass is 310 g/mol. The summed E-state index contributed by atoms with van der Waals surface area (Å²) in [4.78, 5) is 4.57. The first-order valence-corrected chi connectivity index (χ1v) is 8.40. The Bertz CT molecular complexity index is 783. The molecule has 0 unspecified atom stereocenters. The van der Waals surface area contributed by atoms with Crippen molar-refractivity contribution in [3.8, 4) is 11.5 Å².